The molecule has 1 amide bonds. The number of carbonyl (C=O) groups is 1. The predicted molar refractivity (Wildman–Crippen MR) is 92.1 cm³/mol. The highest BCUT2D eigenvalue weighted by molar-refractivity contribution is 5.94. The molecule has 126 valence electrons. The van der Waals surface area contributed by atoms with E-state index < -0.39 is 5.60 Å². The maximum atomic E-state index is 12.3. The molecule has 1 aromatic heterocycles. The van der Waals surface area contributed by atoms with Crippen LogP contribution in [0.15, 0.2) is 52.2 Å². The third kappa shape index (κ3) is 3.49. The summed E-state index contributed by atoms with van der Waals surface area (Å²) < 4.78 is 5.20. The Morgan fingerprint density at radius 2 is 2.12 bits per heavy atom. The molecule has 1 aliphatic rings. The molecule has 3 rings (SSSR count). The molecule has 2 N–H and O–H groups in total. The number of hydrogen-bond donors (Lipinski definition) is 2. The fourth-order valence-corrected chi connectivity index (χ4v) is 2.57. The highest BCUT2D eigenvalue weighted by Crippen LogP contribution is 2.21. The molecule has 0 fully saturated rings. The average molecular weight is 327 g/mol. The van der Waals surface area contributed by atoms with Gasteiger partial charge >= 0.3 is 0 Å². The number of nitrogens with zero attached hydrogens (tertiary/aromatic N) is 2. The van der Waals surface area contributed by atoms with E-state index in [1.807, 2.05) is 24.1 Å². The minimum Gasteiger partial charge on any atom is -0.466 e. The molecule has 6 nitrogen and oxygen atoms in total. The number of hydrogen-bond acceptors (Lipinski definition) is 5. The van der Waals surface area contributed by atoms with Crippen molar-refractivity contribution < 1.29 is 14.3 Å². The van der Waals surface area contributed by atoms with Gasteiger partial charge in [-0.25, -0.2) is 0 Å². The van der Waals surface area contributed by atoms with Crippen LogP contribution >= 0.6 is 0 Å². The molecule has 0 saturated heterocycles. The van der Waals surface area contributed by atoms with E-state index in [0.717, 1.165) is 24.4 Å². The molecule has 0 radical (unpaired) electrons. The lowest BCUT2D eigenvalue weighted by atomic mass is 10.0. The van der Waals surface area contributed by atoms with Crippen molar-refractivity contribution in [3.05, 3.63) is 54.0 Å². The lowest BCUT2D eigenvalue weighted by molar-refractivity contribution is 0.0330. The minimum absolute atomic E-state index is 0.0662. The third-order valence-corrected chi connectivity index (χ3v) is 4.05. The van der Waals surface area contributed by atoms with Crippen molar-refractivity contribution >= 4 is 17.3 Å². The van der Waals surface area contributed by atoms with Crippen LogP contribution in [0.1, 0.15) is 36.4 Å². The molecule has 0 aliphatic carbocycles. The first-order valence-electron chi connectivity index (χ1n) is 7.92. The van der Waals surface area contributed by atoms with Gasteiger partial charge in [0.15, 0.2) is 0 Å². The zero-order chi connectivity index (χ0) is 17.2. The van der Waals surface area contributed by atoms with E-state index in [2.05, 4.69) is 10.4 Å². The molecule has 0 saturated carbocycles. The number of carbonyl (C=O) groups excluding carboxylic acids is 1. The van der Waals surface area contributed by atoms with Gasteiger partial charge in [-0.3, -0.25) is 9.80 Å². The first kappa shape index (κ1) is 16.3. The zero-order valence-corrected chi connectivity index (χ0v) is 13.8. The molecular weight excluding hydrogens is 306 g/mol. The third-order valence-electron chi connectivity index (χ3n) is 4.05. The Morgan fingerprint density at radius 1 is 1.38 bits per heavy atom. The van der Waals surface area contributed by atoms with Crippen LogP contribution < -0.4 is 10.3 Å². The normalized spacial score (nSPS) is 16.6. The van der Waals surface area contributed by atoms with Crippen LogP contribution in [-0.4, -0.2) is 29.8 Å². The van der Waals surface area contributed by atoms with Crippen molar-refractivity contribution in [3.63, 3.8) is 0 Å². The Labute approximate surface area is 140 Å². The molecule has 24 heavy (non-hydrogen) atoms. The molecule has 1 atom stereocenters. The summed E-state index contributed by atoms with van der Waals surface area (Å²) in [5, 5.41) is 19.5. The second kappa shape index (κ2) is 6.49. The highest BCUT2D eigenvalue weighted by atomic mass is 16.4. The minimum atomic E-state index is -1.25. The first-order chi connectivity index (χ1) is 11.5. The van der Waals surface area contributed by atoms with E-state index in [1.165, 1.54) is 6.26 Å². The van der Waals surface area contributed by atoms with Gasteiger partial charge in [0.2, 0.25) is 0 Å². The van der Waals surface area contributed by atoms with E-state index in [9.17, 15) is 9.90 Å². The average Bonchev–Trinajstić information content (AvgIpc) is 3.25. The van der Waals surface area contributed by atoms with Crippen molar-refractivity contribution in [2.45, 2.75) is 25.9 Å². The van der Waals surface area contributed by atoms with Gasteiger partial charge in [0.25, 0.3) is 5.91 Å². The van der Waals surface area contributed by atoms with Crippen molar-refractivity contribution in [3.8, 4) is 0 Å². The maximum absolute atomic E-state index is 12.3. The first-order valence-corrected chi connectivity index (χ1v) is 7.92. The second-order valence-electron chi connectivity index (χ2n) is 6.19. The van der Waals surface area contributed by atoms with Crippen LogP contribution in [0.3, 0.4) is 0 Å². The number of benzene rings is 1. The number of hydrazone groups is 1. The van der Waals surface area contributed by atoms with Gasteiger partial charge in [0, 0.05) is 24.2 Å². The smallest absolute Gasteiger partial charge is 0.251 e. The predicted octanol–water partition coefficient (Wildman–Crippen LogP) is 2.50. The van der Waals surface area contributed by atoms with Gasteiger partial charge < -0.3 is 14.8 Å². The SMILES string of the molecule is CC1=NN(c2ccc(C(=O)NCC(C)(O)c3ccco3)cc2)CC1. The molecule has 6 heteroatoms. The summed E-state index contributed by atoms with van der Waals surface area (Å²) in [7, 11) is 0. The summed E-state index contributed by atoms with van der Waals surface area (Å²) in [6.45, 7) is 4.54. The molecule has 2 heterocycles. The van der Waals surface area contributed by atoms with E-state index in [-0.39, 0.29) is 12.5 Å². The summed E-state index contributed by atoms with van der Waals surface area (Å²) in [6.07, 6.45) is 2.46. The van der Waals surface area contributed by atoms with E-state index >= 15 is 0 Å². The van der Waals surface area contributed by atoms with Gasteiger partial charge in [0.05, 0.1) is 18.5 Å². The Kier molecular flexibility index (Phi) is 4.40. The van der Waals surface area contributed by atoms with Gasteiger partial charge in [-0.15, -0.1) is 0 Å². The molecule has 0 spiro atoms. The van der Waals surface area contributed by atoms with Crippen molar-refractivity contribution in [1.29, 1.82) is 0 Å². The lowest BCUT2D eigenvalue weighted by Gasteiger charge is -2.21. The Hall–Kier alpha value is -2.60. The number of anilines is 1. The number of amides is 1. The zero-order valence-electron chi connectivity index (χ0n) is 13.8. The summed E-state index contributed by atoms with van der Waals surface area (Å²) in [5.74, 6) is 0.176. The molecular formula is C18H21N3O3. The number of aliphatic hydroxyl groups is 1. The Morgan fingerprint density at radius 3 is 2.71 bits per heavy atom. The summed E-state index contributed by atoms with van der Waals surface area (Å²) >= 11 is 0. The van der Waals surface area contributed by atoms with Crippen molar-refractivity contribution in [2.24, 2.45) is 5.10 Å². The van der Waals surface area contributed by atoms with Gasteiger partial charge in [-0.2, -0.15) is 5.10 Å². The standard InChI is InChI=1S/C18H21N3O3/c1-13-9-10-21(20-13)15-7-5-14(6-8-15)17(22)19-12-18(2,23)16-4-3-11-24-16/h3-8,11,23H,9-10,12H2,1-2H3,(H,19,22). The van der Waals surface area contributed by atoms with Crippen molar-refractivity contribution in [2.75, 3.05) is 18.1 Å². The van der Waals surface area contributed by atoms with Crippen LogP contribution in [0, 0.1) is 0 Å². The van der Waals surface area contributed by atoms with Crippen LogP contribution in [0.4, 0.5) is 5.69 Å². The molecule has 2 aromatic rings. The number of rotatable bonds is 5. The van der Waals surface area contributed by atoms with Gasteiger partial charge in [-0.05, 0) is 50.2 Å². The molecule has 0 bridgehead atoms. The maximum Gasteiger partial charge on any atom is 0.251 e. The van der Waals surface area contributed by atoms with E-state index in [1.54, 1.807) is 31.2 Å². The van der Waals surface area contributed by atoms with Crippen LogP contribution in [-0.2, 0) is 5.60 Å². The Balaban J connectivity index is 1.61. The highest BCUT2D eigenvalue weighted by Gasteiger charge is 2.27. The topological polar surface area (TPSA) is 78.1 Å². The van der Waals surface area contributed by atoms with E-state index in [0.29, 0.717) is 11.3 Å². The summed E-state index contributed by atoms with van der Waals surface area (Å²) in [5.41, 5.74) is 1.36. The largest absolute Gasteiger partial charge is 0.466 e. The summed E-state index contributed by atoms with van der Waals surface area (Å²) in [4.78, 5) is 12.3. The molecule has 1 aromatic carbocycles. The van der Waals surface area contributed by atoms with Crippen molar-refractivity contribution in [1.82, 2.24) is 5.32 Å². The fraction of sp³-hybridized carbons (Fsp3) is 0.333. The van der Waals surface area contributed by atoms with Gasteiger partial charge in [-0.1, -0.05) is 0 Å². The fourth-order valence-electron chi connectivity index (χ4n) is 2.57. The van der Waals surface area contributed by atoms with Crippen LogP contribution in [0.5, 0.6) is 0 Å². The lowest BCUT2D eigenvalue weighted by Crippen LogP contribution is -2.38. The van der Waals surface area contributed by atoms with Gasteiger partial charge in [0.1, 0.15) is 11.4 Å². The van der Waals surface area contributed by atoms with E-state index in [4.69, 9.17) is 4.42 Å². The van der Waals surface area contributed by atoms with Crippen LogP contribution in [0.25, 0.3) is 0 Å². The summed E-state index contributed by atoms with van der Waals surface area (Å²) in [6, 6.07) is 10.7. The molecule has 1 unspecified atom stereocenters. The second-order valence-corrected chi connectivity index (χ2v) is 6.19. The van der Waals surface area contributed by atoms with Crippen LogP contribution in [0.2, 0.25) is 0 Å². The number of furan rings is 1. The molecule has 1 aliphatic heterocycles. The monoisotopic (exact) mass is 327 g/mol. The Bertz CT molecular complexity index is 733. The quantitative estimate of drug-likeness (QED) is 0.884. The number of nitrogens with one attached hydrogen (secondary N) is 1.